The van der Waals surface area contributed by atoms with Crippen molar-refractivity contribution in [2.24, 2.45) is 0 Å². The minimum atomic E-state index is -0.924. The summed E-state index contributed by atoms with van der Waals surface area (Å²) in [6.07, 6.45) is 2.44. The number of aromatic nitrogens is 2. The summed E-state index contributed by atoms with van der Waals surface area (Å²) in [5.41, 5.74) is 1.09. The normalized spacial score (nSPS) is 16.6. The summed E-state index contributed by atoms with van der Waals surface area (Å²) in [5.74, 6) is -0.579. The lowest BCUT2D eigenvalue weighted by Gasteiger charge is -2.34. The maximum Gasteiger partial charge on any atom is 0.250 e. The van der Waals surface area contributed by atoms with Gasteiger partial charge in [-0.15, -0.1) is 0 Å². The van der Waals surface area contributed by atoms with Gasteiger partial charge in [0, 0.05) is 62.6 Å². The highest BCUT2D eigenvalue weighted by molar-refractivity contribution is 6.31. The van der Waals surface area contributed by atoms with Gasteiger partial charge in [0.1, 0.15) is 29.1 Å². The summed E-state index contributed by atoms with van der Waals surface area (Å²) in [6.45, 7) is 8.59. The van der Waals surface area contributed by atoms with Crippen molar-refractivity contribution in [2.75, 3.05) is 58.4 Å². The van der Waals surface area contributed by atoms with Crippen LogP contribution in [0.2, 0.25) is 5.02 Å². The lowest BCUT2D eigenvalue weighted by atomic mass is 10.1. The molecule has 2 aromatic carbocycles. The Hall–Kier alpha value is -3.54. The summed E-state index contributed by atoms with van der Waals surface area (Å²) in [5, 5.41) is 2.81. The number of rotatable bonds is 8. The molecule has 0 atom stereocenters. The average molecular weight is 574 g/mol. The summed E-state index contributed by atoms with van der Waals surface area (Å²) < 4.78 is 45.4. The Kier molecular flexibility index (Phi) is 8.63. The van der Waals surface area contributed by atoms with Crippen LogP contribution in [0.5, 0.6) is 11.5 Å². The third-order valence-corrected chi connectivity index (χ3v) is 7.40. The van der Waals surface area contributed by atoms with Crippen molar-refractivity contribution >= 4 is 39.9 Å². The SMILES string of the molecule is C=C(CN1CCOCC1)C(=O)N1CCC(Oc2cc3c(Nc4ccc(F)c(Cl)c4F)ncnc3cc2OC)CC1. The summed E-state index contributed by atoms with van der Waals surface area (Å²) in [6, 6.07) is 5.75. The van der Waals surface area contributed by atoms with Crippen molar-refractivity contribution in [3.63, 3.8) is 0 Å². The molecule has 5 rings (SSSR count). The van der Waals surface area contributed by atoms with Gasteiger partial charge in [-0.25, -0.2) is 18.7 Å². The topological polar surface area (TPSA) is 89.1 Å². The summed E-state index contributed by atoms with van der Waals surface area (Å²) in [4.78, 5) is 25.5. The number of nitrogens with zero attached hydrogens (tertiary/aromatic N) is 4. The maximum absolute atomic E-state index is 14.5. The highest BCUT2D eigenvalue weighted by Gasteiger charge is 2.27. The number of amides is 1. The Morgan fingerprint density at radius 3 is 2.62 bits per heavy atom. The van der Waals surface area contributed by atoms with Crippen molar-refractivity contribution in [2.45, 2.75) is 18.9 Å². The molecule has 0 spiro atoms. The van der Waals surface area contributed by atoms with Crippen LogP contribution < -0.4 is 14.8 Å². The van der Waals surface area contributed by atoms with E-state index in [0.717, 1.165) is 19.2 Å². The van der Waals surface area contributed by atoms with Crippen LogP contribution in [0.1, 0.15) is 12.8 Å². The Morgan fingerprint density at radius 1 is 1.15 bits per heavy atom. The molecule has 40 heavy (non-hydrogen) atoms. The largest absolute Gasteiger partial charge is 0.493 e. The fourth-order valence-electron chi connectivity index (χ4n) is 4.84. The fourth-order valence-corrected chi connectivity index (χ4v) is 5.01. The van der Waals surface area contributed by atoms with Gasteiger partial charge < -0.3 is 24.4 Å². The van der Waals surface area contributed by atoms with Crippen LogP contribution in [0.25, 0.3) is 10.9 Å². The molecule has 0 unspecified atom stereocenters. The van der Waals surface area contributed by atoms with E-state index in [-0.39, 0.29) is 17.7 Å². The number of nitrogens with one attached hydrogen (secondary N) is 1. The second-order valence-electron chi connectivity index (χ2n) is 9.69. The van der Waals surface area contributed by atoms with Crippen molar-refractivity contribution < 1.29 is 27.8 Å². The lowest BCUT2D eigenvalue weighted by Crippen LogP contribution is -2.45. The Bertz CT molecular complexity index is 1410. The average Bonchev–Trinajstić information content (AvgIpc) is 2.98. The molecule has 2 saturated heterocycles. The van der Waals surface area contributed by atoms with Crippen LogP contribution >= 0.6 is 11.6 Å². The van der Waals surface area contributed by atoms with E-state index in [1.165, 1.54) is 19.5 Å². The quantitative estimate of drug-likeness (QED) is 0.310. The van der Waals surface area contributed by atoms with Crippen molar-refractivity contribution in [1.82, 2.24) is 19.8 Å². The highest BCUT2D eigenvalue weighted by Crippen LogP contribution is 2.37. The molecule has 0 radical (unpaired) electrons. The van der Waals surface area contributed by atoms with Gasteiger partial charge in [-0.05, 0) is 18.2 Å². The number of carbonyl (C=O) groups is 1. The molecule has 2 aliphatic rings. The number of piperidine rings is 1. The van der Waals surface area contributed by atoms with Gasteiger partial charge in [0.05, 0.1) is 31.5 Å². The number of benzene rings is 2. The van der Waals surface area contributed by atoms with Crippen LogP contribution in [-0.4, -0.2) is 84.8 Å². The molecule has 0 aliphatic carbocycles. The number of methoxy groups -OCH3 is 1. The third kappa shape index (κ3) is 6.11. The monoisotopic (exact) mass is 573 g/mol. The maximum atomic E-state index is 14.5. The number of anilines is 2. The minimum Gasteiger partial charge on any atom is -0.493 e. The molecule has 2 fully saturated rings. The van der Waals surface area contributed by atoms with Gasteiger partial charge in [-0.1, -0.05) is 18.2 Å². The smallest absolute Gasteiger partial charge is 0.250 e. The molecule has 12 heteroatoms. The third-order valence-electron chi connectivity index (χ3n) is 7.05. The number of fused-ring (bicyclic) bond motifs is 1. The van der Waals surface area contributed by atoms with E-state index >= 15 is 0 Å². The molecule has 9 nitrogen and oxygen atoms in total. The zero-order valence-corrected chi connectivity index (χ0v) is 22.8. The van der Waals surface area contributed by atoms with E-state index in [4.69, 9.17) is 25.8 Å². The molecule has 3 heterocycles. The predicted molar refractivity (Wildman–Crippen MR) is 147 cm³/mol. The molecule has 212 valence electrons. The van der Waals surface area contributed by atoms with Gasteiger partial charge in [-0.3, -0.25) is 9.69 Å². The summed E-state index contributed by atoms with van der Waals surface area (Å²) in [7, 11) is 1.53. The fraction of sp³-hybridized carbons (Fsp3) is 0.393. The van der Waals surface area contributed by atoms with Gasteiger partial charge in [-0.2, -0.15) is 0 Å². The molecular weight excluding hydrogens is 544 g/mol. The Morgan fingerprint density at radius 2 is 1.90 bits per heavy atom. The van der Waals surface area contributed by atoms with Crippen molar-refractivity contribution in [3.8, 4) is 11.5 Å². The number of halogens is 3. The second kappa shape index (κ2) is 12.3. The van der Waals surface area contributed by atoms with E-state index in [2.05, 4.69) is 26.8 Å². The summed E-state index contributed by atoms with van der Waals surface area (Å²) >= 11 is 5.74. The van der Waals surface area contributed by atoms with E-state index in [0.29, 0.717) is 79.5 Å². The number of likely N-dealkylation sites (tertiary alicyclic amines) is 1. The molecular formula is C28H30ClF2N5O4. The molecule has 1 N–H and O–H groups in total. The predicted octanol–water partition coefficient (Wildman–Crippen LogP) is 4.57. The van der Waals surface area contributed by atoms with Crippen molar-refractivity contribution in [1.29, 1.82) is 0 Å². The number of ether oxygens (including phenoxy) is 3. The van der Waals surface area contributed by atoms with Gasteiger partial charge in [0.15, 0.2) is 17.3 Å². The highest BCUT2D eigenvalue weighted by atomic mass is 35.5. The first kappa shape index (κ1) is 28.0. The molecule has 1 amide bonds. The van der Waals surface area contributed by atoms with Crippen LogP contribution in [0.15, 0.2) is 42.7 Å². The van der Waals surface area contributed by atoms with Gasteiger partial charge in [0.2, 0.25) is 5.91 Å². The van der Waals surface area contributed by atoms with Gasteiger partial charge in [0.25, 0.3) is 0 Å². The first-order valence-electron chi connectivity index (χ1n) is 13.0. The zero-order valence-electron chi connectivity index (χ0n) is 22.1. The number of hydrogen-bond acceptors (Lipinski definition) is 8. The molecule has 2 aliphatic heterocycles. The van der Waals surface area contributed by atoms with E-state index in [1.54, 1.807) is 12.1 Å². The molecule has 3 aromatic rings. The first-order valence-corrected chi connectivity index (χ1v) is 13.4. The number of carbonyl (C=O) groups excluding carboxylic acids is 1. The second-order valence-corrected chi connectivity index (χ2v) is 10.1. The number of morpholine rings is 1. The minimum absolute atomic E-state index is 0.0306. The lowest BCUT2D eigenvalue weighted by molar-refractivity contribution is -0.129. The van der Waals surface area contributed by atoms with E-state index < -0.39 is 16.7 Å². The number of hydrogen-bond donors (Lipinski definition) is 1. The van der Waals surface area contributed by atoms with E-state index in [9.17, 15) is 13.6 Å². The van der Waals surface area contributed by atoms with Crippen LogP contribution in [0, 0.1) is 11.6 Å². The first-order chi connectivity index (χ1) is 19.3. The van der Waals surface area contributed by atoms with Crippen molar-refractivity contribution in [3.05, 3.63) is 59.4 Å². The van der Waals surface area contributed by atoms with E-state index in [1.807, 2.05) is 4.90 Å². The molecule has 0 bridgehead atoms. The molecule has 1 aromatic heterocycles. The standard InChI is InChI=1S/C28H30ClF2N5O4/c1-17(15-35-9-11-39-12-10-35)28(37)36-7-5-18(6-8-36)40-24-13-19-22(14-23(24)38-2)32-16-33-27(19)34-21-4-3-20(30)25(29)26(21)31/h3-4,13-14,16,18H,1,5-12,15H2,2H3,(H,32,33,34). The Balaban J connectivity index is 1.27. The van der Waals surface area contributed by atoms with Crippen LogP contribution in [0.4, 0.5) is 20.3 Å². The molecule has 0 saturated carbocycles. The van der Waals surface area contributed by atoms with Crippen LogP contribution in [0.3, 0.4) is 0 Å². The zero-order chi connectivity index (χ0) is 28.2. The van der Waals surface area contributed by atoms with Gasteiger partial charge >= 0.3 is 0 Å². The van der Waals surface area contributed by atoms with Crippen LogP contribution in [-0.2, 0) is 9.53 Å². The Labute approximate surface area is 235 Å².